The Hall–Kier alpha value is -3.18. The van der Waals surface area contributed by atoms with Crippen LogP contribution < -0.4 is 0 Å². The maximum absolute atomic E-state index is 11.6. The van der Waals surface area contributed by atoms with Crippen LogP contribution in [0, 0.1) is 21.4 Å². The third-order valence-corrected chi connectivity index (χ3v) is 3.97. The number of nitrogens with zero attached hydrogens (tertiary/aromatic N) is 3. The monoisotopic (exact) mass is 355 g/mol. The van der Waals surface area contributed by atoms with Crippen molar-refractivity contribution in [3.63, 3.8) is 0 Å². The van der Waals surface area contributed by atoms with Gasteiger partial charge >= 0.3 is 5.97 Å². The average molecular weight is 355 g/mol. The Morgan fingerprint density at radius 3 is 2.84 bits per heavy atom. The van der Waals surface area contributed by atoms with E-state index >= 15 is 0 Å². The van der Waals surface area contributed by atoms with Crippen molar-refractivity contribution < 1.29 is 14.5 Å². The fourth-order valence-corrected chi connectivity index (χ4v) is 2.75. The second-order valence-corrected chi connectivity index (χ2v) is 5.71. The van der Waals surface area contributed by atoms with E-state index in [-0.39, 0.29) is 17.9 Å². The Labute approximate surface area is 148 Å². The number of carbonyl (C=O) groups excluding carboxylic acids is 1. The molecule has 1 heterocycles. The number of nitro groups is 1. The molecule has 7 nitrogen and oxygen atoms in total. The number of benzene rings is 1. The summed E-state index contributed by atoms with van der Waals surface area (Å²) in [6.45, 7) is 1.76. The van der Waals surface area contributed by atoms with Crippen molar-refractivity contribution >= 4 is 29.5 Å². The summed E-state index contributed by atoms with van der Waals surface area (Å²) < 4.78 is 4.77. The third-order valence-electron chi connectivity index (χ3n) is 2.96. The lowest BCUT2D eigenvalue weighted by Crippen LogP contribution is -2.06. The Bertz CT molecular complexity index is 860. The van der Waals surface area contributed by atoms with Crippen molar-refractivity contribution in [2.24, 2.45) is 0 Å². The number of ether oxygens (including phenoxy) is 1. The highest BCUT2D eigenvalue weighted by atomic mass is 32.2. The second kappa shape index (κ2) is 8.61. The number of pyridine rings is 1. The second-order valence-electron chi connectivity index (χ2n) is 4.64. The van der Waals surface area contributed by atoms with Crippen LogP contribution in [0.4, 0.5) is 5.69 Å². The van der Waals surface area contributed by atoms with Gasteiger partial charge in [-0.25, -0.2) is 9.78 Å². The highest BCUT2D eigenvalue weighted by Crippen LogP contribution is 2.34. The van der Waals surface area contributed by atoms with E-state index in [1.54, 1.807) is 49.5 Å². The maximum atomic E-state index is 11.6. The van der Waals surface area contributed by atoms with Crippen LogP contribution >= 0.6 is 11.8 Å². The molecule has 1 aromatic carbocycles. The highest BCUT2D eigenvalue weighted by Gasteiger charge is 2.17. The molecule has 0 N–H and O–H groups in total. The van der Waals surface area contributed by atoms with Crippen LogP contribution in [0.5, 0.6) is 0 Å². The summed E-state index contributed by atoms with van der Waals surface area (Å²) in [6.07, 6.45) is 2.87. The number of rotatable bonds is 6. The predicted molar refractivity (Wildman–Crippen MR) is 91.7 cm³/mol. The van der Waals surface area contributed by atoms with Gasteiger partial charge < -0.3 is 4.74 Å². The maximum Gasteiger partial charge on any atom is 0.348 e. The lowest BCUT2D eigenvalue weighted by atomic mass is 10.1. The van der Waals surface area contributed by atoms with Gasteiger partial charge in [0.15, 0.2) is 0 Å². The molecule has 25 heavy (non-hydrogen) atoms. The molecule has 0 saturated carbocycles. The zero-order valence-electron chi connectivity index (χ0n) is 13.2. The van der Waals surface area contributed by atoms with Crippen LogP contribution in [0.3, 0.4) is 0 Å². The first-order chi connectivity index (χ1) is 12.0. The van der Waals surface area contributed by atoms with Crippen LogP contribution in [-0.4, -0.2) is 22.5 Å². The van der Waals surface area contributed by atoms with Gasteiger partial charge in [0.1, 0.15) is 16.7 Å². The quantitative estimate of drug-likeness (QED) is 0.256. The van der Waals surface area contributed by atoms with E-state index in [4.69, 9.17) is 10.00 Å². The molecule has 126 valence electrons. The number of carbonyl (C=O) groups is 1. The smallest absolute Gasteiger partial charge is 0.348 e. The SMILES string of the molecule is CCOC(=O)/C(C#N)=C/c1ccc(Sc2ccccn2)c([N+](=O)[O-])c1. The molecule has 0 bridgehead atoms. The first-order valence-electron chi connectivity index (χ1n) is 7.21. The Morgan fingerprint density at radius 1 is 1.44 bits per heavy atom. The molecule has 0 radical (unpaired) electrons. The number of hydrogen-bond acceptors (Lipinski definition) is 7. The van der Waals surface area contributed by atoms with Gasteiger partial charge in [-0.15, -0.1) is 0 Å². The summed E-state index contributed by atoms with van der Waals surface area (Å²) in [6, 6.07) is 11.5. The summed E-state index contributed by atoms with van der Waals surface area (Å²) >= 11 is 1.16. The first kappa shape index (κ1) is 18.2. The van der Waals surface area contributed by atoms with E-state index in [0.717, 1.165) is 11.8 Å². The summed E-state index contributed by atoms with van der Waals surface area (Å²) in [5.74, 6) is -0.764. The van der Waals surface area contributed by atoms with Crippen LogP contribution in [0.25, 0.3) is 6.08 Å². The fourth-order valence-electron chi connectivity index (χ4n) is 1.89. The molecule has 0 saturated heterocycles. The lowest BCUT2D eigenvalue weighted by Gasteiger charge is -2.04. The minimum Gasteiger partial charge on any atom is -0.462 e. The Kier molecular flexibility index (Phi) is 6.26. The van der Waals surface area contributed by atoms with Gasteiger partial charge in [-0.2, -0.15) is 5.26 Å². The van der Waals surface area contributed by atoms with Crippen molar-refractivity contribution in [2.45, 2.75) is 16.8 Å². The van der Waals surface area contributed by atoms with E-state index in [9.17, 15) is 14.9 Å². The third kappa shape index (κ3) is 4.89. The zero-order chi connectivity index (χ0) is 18.2. The lowest BCUT2D eigenvalue weighted by molar-refractivity contribution is -0.387. The van der Waals surface area contributed by atoms with E-state index in [0.29, 0.717) is 15.5 Å². The fraction of sp³-hybridized carbons (Fsp3) is 0.118. The molecule has 0 amide bonds. The minimum absolute atomic E-state index is 0.134. The first-order valence-corrected chi connectivity index (χ1v) is 8.03. The number of nitriles is 1. The molecular weight excluding hydrogens is 342 g/mol. The molecule has 8 heteroatoms. The van der Waals surface area contributed by atoms with Crippen LogP contribution in [0.2, 0.25) is 0 Å². The van der Waals surface area contributed by atoms with Gasteiger partial charge in [-0.3, -0.25) is 10.1 Å². The normalized spacial score (nSPS) is 10.8. The standard InChI is InChI=1S/C17H13N3O4S/c1-2-24-17(21)13(11-18)9-12-6-7-15(14(10-12)20(22)23)25-16-5-3-4-8-19-16/h3-10H,2H2,1H3/b13-9+. The Morgan fingerprint density at radius 2 is 2.24 bits per heavy atom. The largest absolute Gasteiger partial charge is 0.462 e. The van der Waals surface area contributed by atoms with Gasteiger partial charge in [0.25, 0.3) is 5.69 Å². The van der Waals surface area contributed by atoms with Crippen LogP contribution in [0.1, 0.15) is 12.5 Å². The summed E-state index contributed by atoms with van der Waals surface area (Å²) in [4.78, 5) is 27.0. The van der Waals surface area contributed by atoms with Gasteiger partial charge in [0, 0.05) is 12.3 Å². The molecule has 1 aromatic heterocycles. The van der Waals surface area contributed by atoms with Gasteiger partial charge in [-0.05, 0) is 36.8 Å². The summed E-state index contributed by atoms with van der Waals surface area (Å²) in [5, 5.41) is 21.0. The molecule has 0 fully saturated rings. The van der Waals surface area contributed by atoms with Gasteiger partial charge in [-0.1, -0.05) is 23.9 Å². The molecule has 2 aromatic rings. The topological polar surface area (TPSA) is 106 Å². The molecule has 2 rings (SSSR count). The predicted octanol–water partition coefficient (Wildman–Crippen LogP) is 3.61. The van der Waals surface area contributed by atoms with Gasteiger partial charge in [0.05, 0.1) is 16.4 Å². The summed E-state index contributed by atoms with van der Waals surface area (Å²) in [7, 11) is 0. The molecular formula is C17H13N3O4S. The molecule has 0 aliphatic carbocycles. The summed E-state index contributed by atoms with van der Waals surface area (Å²) in [5.41, 5.74) is 0.00787. The number of aromatic nitrogens is 1. The van der Waals surface area contributed by atoms with Crippen LogP contribution in [-0.2, 0) is 9.53 Å². The number of esters is 1. The van der Waals surface area contributed by atoms with E-state index in [1.807, 2.05) is 0 Å². The number of nitro benzene ring substituents is 1. The average Bonchev–Trinajstić information content (AvgIpc) is 2.61. The zero-order valence-corrected chi connectivity index (χ0v) is 14.0. The molecule has 0 unspecified atom stereocenters. The number of hydrogen-bond donors (Lipinski definition) is 0. The van der Waals surface area contributed by atoms with Crippen LogP contribution in [0.15, 0.2) is 58.1 Å². The van der Waals surface area contributed by atoms with E-state index < -0.39 is 10.9 Å². The van der Waals surface area contributed by atoms with E-state index in [2.05, 4.69) is 4.98 Å². The van der Waals surface area contributed by atoms with Crippen molar-refractivity contribution in [1.82, 2.24) is 4.98 Å². The van der Waals surface area contributed by atoms with E-state index in [1.165, 1.54) is 12.1 Å². The molecule has 0 atom stereocenters. The minimum atomic E-state index is -0.764. The highest BCUT2D eigenvalue weighted by molar-refractivity contribution is 7.99. The van der Waals surface area contributed by atoms with Crippen molar-refractivity contribution in [1.29, 1.82) is 5.26 Å². The van der Waals surface area contributed by atoms with Crippen molar-refractivity contribution in [3.05, 3.63) is 63.8 Å². The molecule has 0 aliphatic rings. The molecule has 0 aliphatic heterocycles. The van der Waals surface area contributed by atoms with Crippen molar-refractivity contribution in [3.8, 4) is 6.07 Å². The van der Waals surface area contributed by atoms with Gasteiger partial charge in [0.2, 0.25) is 0 Å². The van der Waals surface area contributed by atoms with Crippen molar-refractivity contribution in [2.75, 3.05) is 6.61 Å². The molecule has 0 spiro atoms. The Balaban J connectivity index is 2.37.